The zero-order chi connectivity index (χ0) is 13.8. The largest absolute Gasteiger partial charge is 0.466 e. The molecule has 8 heteroatoms. The lowest BCUT2D eigenvalue weighted by atomic mass is 10.1. The van der Waals surface area contributed by atoms with Crippen LogP contribution in [0, 0.1) is 0 Å². The maximum atomic E-state index is 11.3. The maximum absolute atomic E-state index is 11.3. The molecule has 0 saturated carbocycles. The molecule has 0 amide bonds. The highest BCUT2D eigenvalue weighted by Gasteiger charge is 2.31. The molecule has 0 fully saturated rings. The second kappa shape index (κ2) is 5.58. The van der Waals surface area contributed by atoms with E-state index in [0.29, 0.717) is 17.1 Å². The molecule has 1 rings (SSSR count). The van der Waals surface area contributed by atoms with E-state index in [1.54, 1.807) is 5.38 Å². The van der Waals surface area contributed by atoms with Gasteiger partial charge in [0.15, 0.2) is 17.1 Å². The first-order valence-electron chi connectivity index (χ1n) is 4.92. The Morgan fingerprint density at radius 2 is 2.28 bits per heavy atom. The highest BCUT2D eigenvalue weighted by atomic mass is 32.1. The standard InChI is InChI=1S/C10H13N3O4S/c1-10(2,8(15)16-3)17-13-6(4-14)7-5-18-9(11)12-7/h4-5H,1-3H3,(H2,11,12). The Morgan fingerprint density at radius 3 is 2.72 bits per heavy atom. The van der Waals surface area contributed by atoms with Crippen LogP contribution in [0.3, 0.4) is 0 Å². The average molecular weight is 271 g/mol. The topological polar surface area (TPSA) is 104 Å². The van der Waals surface area contributed by atoms with Gasteiger partial charge in [0, 0.05) is 5.38 Å². The van der Waals surface area contributed by atoms with Gasteiger partial charge in [-0.05, 0) is 13.8 Å². The number of anilines is 1. The fourth-order valence-corrected chi connectivity index (χ4v) is 1.54. The number of hydrogen-bond acceptors (Lipinski definition) is 8. The molecule has 0 aliphatic heterocycles. The van der Waals surface area contributed by atoms with E-state index in [1.807, 2.05) is 0 Å². The van der Waals surface area contributed by atoms with Crippen LogP contribution in [0.1, 0.15) is 19.5 Å². The van der Waals surface area contributed by atoms with Gasteiger partial charge in [-0.25, -0.2) is 9.78 Å². The molecule has 1 heterocycles. The van der Waals surface area contributed by atoms with E-state index in [9.17, 15) is 9.59 Å². The Morgan fingerprint density at radius 1 is 1.61 bits per heavy atom. The van der Waals surface area contributed by atoms with Crippen LogP contribution < -0.4 is 5.73 Å². The minimum Gasteiger partial charge on any atom is -0.466 e. The summed E-state index contributed by atoms with van der Waals surface area (Å²) in [5.41, 5.74) is 4.41. The number of nitrogens with two attached hydrogens (primary N) is 1. The molecule has 18 heavy (non-hydrogen) atoms. The van der Waals surface area contributed by atoms with Gasteiger partial charge in [-0.2, -0.15) is 0 Å². The van der Waals surface area contributed by atoms with Crippen LogP contribution in [0.15, 0.2) is 10.5 Å². The van der Waals surface area contributed by atoms with Crippen molar-refractivity contribution in [3.63, 3.8) is 0 Å². The third-order valence-corrected chi connectivity index (χ3v) is 2.62. The van der Waals surface area contributed by atoms with E-state index >= 15 is 0 Å². The zero-order valence-electron chi connectivity index (χ0n) is 10.2. The molecule has 0 aliphatic rings. The van der Waals surface area contributed by atoms with Crippen LogP contribution in [0.2, 0.25) is 0 Å². The molecule has 1 aromatic rings. The van der Waals surface area contributed by atoms with Crippen molar-refractivity contribution in [1.29, 1.82) is 0 Å². The number of aromatic nitrogens is 1. The third-order valence-electron chi connectivity index (χ3n) is 1.95. The molecular weight excluding hydrogens is 258 g/mol. The molecular formula is C10H13N3O4S. The summed E-state index contributed by atoms with van der Waals surface area (Å²) in [5, 5.41) is 5.48. The summed E-state index contributed by atoms with van der Waals surface area (Å²) in [4.78, 5) is 31.1. The lowest BCUT2D eigenvalue weighted by Gasteiger charge is -2.18. The van der Waals surface area contributed by atoms with Gasteiger partial charge >= 0.3 is 5.97 Å². The van der Waals surface area contributed by atoms with Crippen molar-refractivity contribution in [2.75, 3.05) is 12.8 Å². The molecule has 0 spiro atoms. The number of carbonyl (C=O) groups excluding carboxylic acids is 2. The van der Waals surface area contributed by atoms with E-state index in [0.717, 1.165) is 0 Å². The molecule has 1 aromatic heterocycles. The lowest BCUT2D eigenvalue weighted by Crippen LogP contribution is -2.34. The second-order valence-electron chi connectivity index (χ2n) is 3.76. The van der Waals surface area contributed by atoms with E-state index in [-0.39, 0.29) is 5.71 Å². The predicted molar refractivity (Wildman–Crippen MR) is 66.3 cm³/mol. The first kappa shape index (κ1) is 14.1. The molecule has 2 N–H and O–H groups in total. The summed E-state index contributed by atoms with van der Waals surface area (Å²) >= 11 is 1.17. The van der Waals surface area contributed by atoms with Crippen molar-refractivity contribution in [1.82, 2.24) is 4.98 Å². The van der Waals surface area contributed by atoms with Crippen LogP contribution in [0.4, 0.5) is 5.13 Å². The average Bonchev–Trinajstić information content (AvgIpc) is 2.75. The number of oxime groups is 1. The Kier molecular flexibility index (Phi) is 4.38. The van der Waals surface area contributed by atoms with Gasteiger partial charge < -0.3 is 15.3 Å². The molecule has 0 bridgehead atoms. The van der Waals surface area contributed by atoms with Gasteiger partial charge in [0.25, 0.3) is 0 Å². The first-order valence-corrected chi connectivity index (χ1v) is 5.80. The van der Waals surface area contributed by atoms with Gasteiger partial charge in [-0.1, -0.05) is 5.16 Å². The number of carbonyl (C=O) groups is 2. The van der Waals surface area contributed by atoms with Gasteiger partial charge in [0.1, 0.15) is 5.69 Å². The number of ether oxygens (including phenoxy) is 1. The van der Waals surface area contributed by atoms with Crippen molar-refractivity contribution < 1.29 is 19.2 Å². The fraction of sp³-hybridized carbons (Fsp3) is 0.400. The Hall–Kier alpha value is -1.96. The van der Waals surface area contributed by atoms with Crippen LogP contribution in [0.25, 0.3) is 0 Å². The van der Waals surface area contributed by atoms with Crippen molar-refractivity contribution in [2.24, 2.45) is 5.16 Å². The van der Waals surface area contributed by atoms with Crippen LogP contribution in [0.5, 0.6) is 0 Å². The molecule has 0 saturated heterocycles. The summed E-state index contributed by atoms with van der Waals surface area (Å²) in [6.07, 6.45) is 0.474. The molecule has 0 aromatic carbocycles. The van der Waals surface area contributed by atoms with E-state index < -0.39 is 11.6 Å². The summed E-state index contributed by atoms with van der Waals surface area (Å²) in [5.74, 6) is -0.603. The molecule has 0 atom stereocenters. The van der Waals surface area contributed by atoms with E-state index in [4.69, 9.17) is 10.6 Å². The van der Waals surface area contributed by atoms with Crippen molar-refractivity contribution in [3.8, 4) is 0 Å². The number of rotatable bonds is 5. The highest BCUT2D eigenvalue weighted by molar-refractivity contribution is 7.13. The monoisotopic (exact) mass is 271 g/mol. The summed E-state index contributed by atoms with van der Waals surface area (Å²) in [6.45, 7) is 2.94. The van der Waals surface area contributed by atoms with Crippen molar-refractivity contribution in [2.45, 2.75) is 19.4 Å². The van der Waals surface area contributed by atoms with Crippen molar-refractivity contribution >= 4 is 34.4 Å². The second-order valence-corrected chi connectivity index (χ2v) is 4.65. The van der Waals surface area contributed by atoms with Crippen LogP contribution >= 0.6 is 11.3 Å². The van der Waals surface area contributed by atoms with Gasteiger partial charge in [0.05, 0.1) is 7.11 Å². The zero-order valence-corrected chi connectivity index (χ0v) is 11.0. The minimum absolute atomic E-state index is 0.0417. The van der Waals surface area contributed by atoms with Crippen LogP contribution in [-0.4, -0.2) is 35.7 Å². The van der Waals surface area contributed by atoms with E-state index in [1.165, 1.54) is 32.3 Å². The SMILES string of the molecule is COC(=O)C(C)(C)ON=C(C=O)c1csc(N)n1. The number of thiazole rings is 1. The minimum atomic E-state index is -1.29. The number of hydrogen-bond donors (Lipinski definition) is 1. The normalized spacial score (nSPS) is 12.1. The molecule has 0 aliphatic carbocycles. The number of esters is 1. The van der Waals surface area contributed by atoms with Gasteiger partial charge in [-0.15, -0.1) is 11.3 Å². The lowest BCUT2D eigenvalue weighted by molar-refractivity contribution is -0.165. The molecule has 0 unspecified atom stereocenters. The Bertz CT molecular complexity index is 481. The third kappa shape index (κ3) is 3.27. The van der Waals surface area contributed by atoms with Gasteiger partial charge in [0.2, 0.25) is 5.60 Å². The summed E-state index contributed by atoms with van der Waals surface area (Å²) in [7, 11) is 1.24. The molecule has 98 valence electrons. The van der Waals surface area contributed by atoms with Crippen molar-refractivity contribution in [3.05, 3.63) is 11.1 Å². The predicted octanol–water partition coefficient (Wildman–Crippen LogP) is 0.596. The number of aldehydes is 1. The number of nitrogens with zero attached hydrogens (tertiary/aromatic N) is 2. The summed E-state index contributed by atoms with van der Waals surface area (Å²) < 4.78 is 4.54. The highest BCUT2D eigenvalue weighted by Crippen LogP contribution is 2.14. The molecule has 0 radical (unpaired) electrons. The smallest absolute Gasteiger partial charge is 0.352 e. The molecule has 7 nitrogen and oxygen atoms in total. The Labute approximate surface area is 108 Å². The summed E-state index contributed by atoms with van der Waals surface area (Å²) in [6, 6.07) is 0. The van der Waals surface area contributed by atoms with E-state index in [2.05, 4.69) is 14.9 Å². The van der Waals surface area contributed by atoms with Gasteiger partial charge in [-0.3, -0.25) is 4.79 Å². The Balaban J connectivity index is 2.87. The fourth-order valence-electron chi connectivity index (χ4n) is 0.980. The number of methoxy groups -OCH3 is 1. The number of nitrogen functional groups attached to an aromatic ring is 1. The first-order chi connectivity index (χ1) is 8.40. The van der Waals surface area contributed by atoms with Crippen LogP contribution in [-0.2, 0) is 19.2 Å². The maximum Gasteiger partial charge on any atom is 0.352 e. The quantitative estimate of drug-likeness (QED) is 0.364.